The van der Waals surface area contributed by atoms with Gasteiger partial charge in [-0.05, 0) is 25.0 Å². The second-order valence-corrected chi connectivity index (χ2v) is 3.30. The maximum absolute atomic E-state index is 11.3. The van der Waals surface area contributed by atoms with Crippen LogP contribution in [0.4, 0.5) is 5.69 Å². The van der Waals surface area contributed by atoms with Crippen molar-refractivity contribution in [3.63, 3.8) is 0 Å². The van der Waals surface area contributed by atoms with Crippen molar-refractivity contribution in [2.75, 3.05) is 12.4 Å². The molecule has 4 nitrogen and oxygen atoms in total. The van der Waals surface area contributed by atoms with Gasteiger partial charge in [0.25, 0.3) is 0 Å². The summed E-state index contributed by atoms with van der Waals surface area (Å²) in [6.07, 6.45) is 0. The van der Waals surface area contributed by atoms with Crippen molar-refractivity contribution in [1.82, 2.24) is 5.32 Å². The van der Waals surface area contributed by atoms with E-state index in [0.717, 1.165) is 11.1 Å². The first-order chi connectivity index (χ1) is 7.06. The number of rotatable bonds is 1. The van der Waals surface area contributed by atoms with Gasteiger partial charge in [-0.2, -0.15) is 0 Å². The van der Waals surface area contributed by atoms with Crippen LogP contribution in [0.2, 0.25) is 0 Å². The molecule has 0 saturated carbocycles. The Kier molecular flexibility index (Phi) is 3.44. The molecule has 0 aromatic heterocycles. The number of para-hydroxylation sites is 1. The zero-order valence-electron chi connectivity index (χ0n) is 9.05. The number of likely N-dealkylation sites (N-methyl/N-ethyl adjacent to an activating group) is 1. The van der Waals surface area contributed by atoms with Crippen molar-refractivity contribution in [2.24, 2.45) is 0 Å². The topological polar surface area (TPSA) is 58.2 Å². The summed E-state index contributed by atoms with van der Waals surface area (Å²) in [7, 11) is 1.42. The monoisotopic (exact) mass is 206 g/mol. The largest absolute Gasteiger partial charge is 0.351 e. The molecule has 0 radical (unpaired) electrons. The molecule has 0 fully saturated rings. The number of carbonyl (C=O) groups excluding carboxylic acids is 2. The third-order valence-corrected chi connectivity index (χ3v) is 2.15. The van der Waals surface area contributed by atoms with Crippen molar-refractivity contribution in [1.29, 1.82) is 0 Å². The molecular weight excluding hydrogens is 192 g/mol. The SMILES string of the molecule is CNC(=O)C(=O)Nc1c(C)cccc1C. The zero-order chi connectivity index (χ0) is 11.4. The van der Waals surface area contributed by atoms with E-state index in [1.54, 1.807) is 0 Å². The van der Waals surface area contributed by atoms with E-state index in [9.17, 15) is 9.59 Å². The van der Waals surface area contributed by atoms with Crippen molar-refractivity contribution in [3.8, 4) is 0 Å². The summed E-state index contributed by atoms with van der Waals surface area (Å²) in [5, 5.41) is 4.85. The van der Waals surface area contributed by atoms with Gasteiger partial charge in [-0.3, -0.25) is 9.59 Å². The summed E-state index contributed by atoms with van der Waals surface area (Å²) in [5.41, 5.74) is 2.57. The van der Waals surface area contributed by atoms with E-state index >= 15 is 0 Å². The standard InChI is InChI=1S/C11H14N2O2/c1-7-5-4-6-8(2)9(7)13-11(15)10(14)12-3/h4-6H,1-3H3,(H,12,14)(H,13,15). The van der Waals surface area contributed by atoms with Crippen molar-refractivity contribution >= 4 is 17.5 Å². The predicted octanol–water partition coefficient (Wildman–Crippen LogP) is 0.988. The van der Waals surface area contributed by atoms with E-state index in [1.807, 2.05) is 32.0 Å². The molecule has 0 aliphatic carbocycles. The van der Waals surface area contributed by atoms with Crippen LogP contribution in [0.15, 0.2) is 18.2 Å². The minimum Gasteiger partial charge on any atom is -0.351 e. The van der Waals surface area contributed by atoms with Crippen LogP contribution < -0.4 is 10.6 Å². The highest BCUT2D eigenvalue weighted by atomic mass is 16.2. The second kappa shape index (κ2) is 4.59. The minimum atomic E-state index is -0.644. The Labute approximate surface area is 88.7 Å². The number of benzene rings is 1. The Bertz CT molecular complexity index is 379. The first kappa shape index (κ1) is 11.2. The third-order valence-electron chi connectivity index (χ3n) is 2.15. The highest BCUT2D eigenvalue weighted by molar-refractivity contribution is 6.39. The van der Waals surface area contributed by atoms with Crippen LogP contribution in [0, 0.1) is 13.8 Å². The zero-order valence-corrected chi connectivity index (χ0v) is 9.05. The van der Waals surface area contributed by atoms with E-state index in [-0.39, 0.29) is 0 Å². The molecule has 0 bridgehead atoms. The van der Waals surface area contributed by atoms with E-state index in [2.05, 4.69) is 10.6 Å². The Hall–Kier alpha value is -1.84. The summed E-state index contributed by atoms with van der Waals surface area (Å²) in [4.78, 5) is 22.3. The number of carbonyl (C=O) groups is 2. The lowest BCUT2D eigenvalue weighted by Gasteiger charge is -2.10. The Balaban J connectivity index is 2.90. The number of hydrogen-bond acceptors (Lipinski definition) is 2. The lowest BCUT2D eigenvalue weighted by atomic mass is 10.1. The van der Waals surface area contributed by atoms with Crippen molar-refractivity contribution < 1.29 is 9.59 Å². The van der Waals surface area contributed by atoms with Gasteiger partial charge in [0, 0.05) is 12.7 Å². The molecule has 0 aliphatic heterocycles. The van der Waals surface area contributed by atoms with Crippen molar-refractivity contribution in [3.05, 3.63) is 29.3 Å². The molecule has 0 unspecified atom stereocenters. The highest BCUT2D eigenvalue weighted by Gasteiger charge is 2.13. The van der Waals surface area contributed by atoms with Gasteiger partial charge in [-0.1, -0.05) is 18.2 Å². The van der Waals surface area contributed by atoms with Gasteiger partial charge in [0.2, 0.25) is 0 Å². The van der Waals surface area contributed by atoms with Crippen LogP contribution in [-0.2, 0) is 9.59 Å². The van der Waals surface area contributed by atoms with Gasteiger partial charge >= 0.3 is 11.8 Å². The van der Waals surface area contributed by atoms with Crippen LogP contribution in [-0.4, -0.2) is 18.9 Å². The Morgan fingerprint density at radius 3 is 2.07 bits per heavy atom. The summed E-state index contributed by atoms with van der Waals surface area (Å²) in [5.74, 6) is -1.28. The average molecular weight is 206 g/mol. The third kappa shape index (κ3) is 2.56. The smallest absolute Gasteiger partial charge is 0.313 e. The van der Waals surface area contributed by atoms with Gasteiger partial charge in [0.05, 0.1) is 0 Å². The maximum atomic E-state index is 11.3. The van der Waals surface area contributed by atoms with E-state index in [4.69, 9.17) is 0 Å². The van der Waals surface area contributed by atoms with Crippen LogP contribution in [0.5, 0.6) is 0 Å². The number of hydrogen-bond donors (Lipinski definition) is 2. The molecule has 1 aromatic rings. The van der Waals surface area contributed by atoms with E-state index in [1.165, 1.54) is 7.05 Å². The summed E-state index contributed by atoms with van der Waals surface area (Å²) < 4.78 is 0. The maximum Gasteiger partial charge on any atom is 0.313 e. The number of amides is 2. The quantitative estimate of drug-likeness (QED) is 0.673. The van der Waals surface area contributed by atoms with Gasteiger partial charge in [0.1, 0.15) is 0 Å². The van der Waals surface area contributed by atoms with Crippen LogP contribution in [0.1, 0.15) is 11.1 Å². The van der Waals surface area contributed by atoms with Gasteiger partial charge in [-0.25, -0.2) is 0 Å². The molecular formula is C11H14N2O2. The molecule has 1 aromatic carbocycles. The molecule has 15 heavy (non-hydrogen) atoms. The normalized spacial score (nSPS) is 9.53. The van der Waals surface area contributed by atoms with E-state index < -0.39 is 11.8 Å². The van der Waals surface area contributed by atoms with Gasteiger partial charge in [0.15, 0.2) is 0 Å². The number of anilines is 1. The summed E-state index contributed by atoms with van der Waals surface area (Å²) >= 11 is 0. The molecule has 0 atom stereocenters. The molecule has 1 rings (SSSR count). The Morgan fingerprint density at radius 1 is 1.07 bits per heavy atom. The Morgan fingerprint density at radius 2 is 1.60 bits per heavy atom. The van der Waals surface area contributed by atoms with Gasteiger partial charge in [-0.15, -0.1) is 0 Å². The molecule has 80 valence electrons. The molecule has 0 heterocycles. The van der Waals surface area contributed by atoms with Gasteiger partial charge < -0.3 is 10.6 Å². The molecule has 0 saturated heterocycles. The fraction of sp³-hybridized carbons (Fsp3) is 0.273. The lowest BCUT2D eigenvalue weighted by molar-refractivity contribution is -0.135. The average Bonchev–Trinajstić information content (AvgIpc) is 2.22. The van der Waals surface area contributed by atoms with Crippen molar-refractivity contribution in [2.45, 2.75) is 13.8 Å². The number of nitrogens with one attached hydrogen (secondary N) is 2. The minimum absolute atomic E-state index is 0.641. The second-order valence-electron chi connectivity index (χ2n) is 3.30. The first-order valence-corrected chi connectivity index (χ1v) is 4.65. The highest BCUT2D eigenvalue weighted by Crippen LogP contribution is 2.18. The van der Waals surface area contributed by atoms with Crippen LogP contribution in [0.25, 0.3) is 0 Å². The summed E-state index contributed by atoms with van der Waals surface area (Å²) in [6.45, 7) is 3.76. The van der Waals surface area contributed by atoms with E-state index in [0.29, 0.717) is 5.69 Å². The fourth-order valence-electron chi connectivity index (χ4n) is 1.30. The summed E-state index contributed by atoms with van der Waals surface area (Å²) in [6, 6.07) is 5.67. The molecule has 2 amide bonds. The molecule has 2 N–H and O–H groups in total. The molecule has 0 aliphatic rings. The van der Waals surface area contributed by atoms with Crippen LogP contribution >= 0.6 is 0 Å². The van der Waals surface area contributed by atoms with Crippen LogP contribution in [0.3, 0.4) is 0 Å². The molecule has 4 heteroatoms. The fourth-order valence-corrected chi connectivity index (χ4v) is 1.30. The predicted molar refractivity (Wildman–Crippen MR) is 58.6 cm³/mol. The first-order valence-electron chi connectivity index (χ1n) is 4.65. The lowest BCUT2D eigenvalue weighted by Crippen LogP contribution is -2.33. The number of aryl methyl sites for hydroxylation is 2. The molecule has 0 spiro atoms.